The van der Waals surface area contributed by atoms with Crippen LogP contribution in [0, 0.1) is 11.3 Å². The summed E-state index contributed by atoms with van der Waals surface area (Å²) in [6.07, 6.45) is 1.34. The second kappa shape index (κ2) is 6.71. The SMILES string of the molecule is CC[C@@H](C(=O)N1CCc2[nH]c(=O)c(C#N)cc2C1)c1ccccc1. The lowest BCUT2D eigenvalue weighted by molar-refractivity contribution is -0.133. The Morgan fingerprint density at radius 3 is 2.79 bits per heavy atom. The second-order valence-corrected chi connectivity index (χ2v) is 6.01. The lowest BCUT2D eigenvalue weighted by Crippen LogP contribution is -2.40. The highest BCUT2D eigenvalue weighted by Gasteiger charge is 2.28. The Hall–Kier alpha value is -2.87. The van der Waals surface area contributed by atoms with Crippen molar-refractivity contribution in [1.29, 1.82) is 5.26 Å². The molecule has 1 aromatic heterocycles. The Bertz CT molecular complexity index is 849. The smallest absolute Gasteiger partial charge is 0.266 e. The Balaban J connectivity index is 1.85. The summed E-state index contributed by atoms with van der Waals surface area (Å²) >= 11 is 0. The van der Waals surface area contributed by atoms with Gasteiger partial charge in [0.1, 0.15) is 11.6 Å². The van der Waals surface area contributed by atoms with Gasteiger partial charge < -0.3 is 9.88 Å². The third-order valence-corrected chi connectivity index (χ3v) is 4.55. The van der Waals surface area contributed by atoms with Crippen molar-refractivity contribution in [2.45, 2.75) is 32.2 Å². The maximum atomic E-state index is 12.9. The molecule has 5 nitrogen and oxygen atoms in total. The van der Waals surface area contributed by atoms with E-state index >= 15 is 0 Å². The average molecular weight is 321 g/mol. The van der Waals surface area contributed by atoms with Crippen molar-refractivity contribution in [3.8, 4) is 6.07 Å². The van der Waals surface area contributed by atoms with Gasteiger partial charge in [0.2, 0.25) is 5.91 Å². The van der Waals surface area contributed by atoms with E-state index in [2.05, 4.69) is 4.98 Å². The number of fused-ring (bicyclic) bond motifs is 1. The van der Waals surface area contributed by atoms with Crippen LogP contribution >= 0.6 is 0 Å². The van der Waals surface area contributed by atoms with Crippen LogP contribution in [0.3, 0.4) is 0 Å². The topological polar surface area (TPSA) is 77.0 Å². The average Bonchev–Trinajstić information content (AvgIpc) is 2.62. The molecule has 2 heterocycles. The van der Waals surface area contributed by atoms with E-state index in [1.165, 1.54) is 0 Å². The molecule has 1 aliphatic rings. The fraction of sp³-hybridized carbons (Fsp3) is 0.316. The molecule has 0 bridgehead atoms. The second-order valence-electron chi connectivity index (χ2n) is 6.01. The predicted molar refractivity (Wildman–Crippen MR) is 90.4 cm³/mol. The summed E-state index contributed by atoms with van der Waals surface area (Å²) < 4.78 is 0. The molecule has 24 heavy (non-hydrogen) atoms. The molecule has 1 amide bonds. The molecule has 0 saturated carbocycles. The van der Waals surface area contributed by atoms with Crippen LogP contribution in [-0.4, -0.2) is 22.3 Å². The van der Waals surface area contributed by atoms with Gasteiger partial charge in [0, 0.05) is 25.2 Å². The number of benzene rings is 1. The molecule has 2 aromatic rings. The van der Waals surface area contributed by atoms with Crippen LogP contribution in [-0.2, 0) is 17.8 Å². The van der Waals surface area contributed by atoms with E-state index in [1.807, 2.05) is 48.2 Å². The van der Waals surface area contributed by atoms with Crippen molar-refractivity contribution < 1.29 is 4.79 Å². The number of nitrogens with one attached hydrogen (secondary N) is 1. The predicted octanol–water partition coefficient (Wildman–Crippen LogP) is 2.33. The van der Waals surface area contributed by atoms with Gasteiger partial charge >= 0.3 is 0 Å². The van der Waals surface area contributed by atoms with Gasteiger partial charge in [0.25, 0.3) is 5.56 Å². The van der Waals surface area contributed by atoms with Crippen LogP contribution in [0.5, 0.6) is 0 Å². The van der Waals surface area contributed by atoms with Crippen molar-refractivity contribution in [2.24, 2.45) is 0 Å². The van der Waals surface area contributed by atoms with Gasteiger partial charge in [-0.2, -0.15) is 5.26 Å². The minimum Gasteiger partial charge on any atom is -0.337 e. The van der Waals surface area contributed by atoms with Gasteiger partial charge in [0.15, 0.2) is 0 Å². The molecule has 1 aliphatic heterocycles. The zero-order valence-electron chi connectivity index (χ0n) is 13.6. The lowest BCUT2D eigenvalue weighted by atomic mass is 9.93. The highest BCUT2D eigenvalue weighted by Crippen LogP contribution is 2.25. The molecule has 122 valence electrons. The number of H-pyrrole nitrogens is 1. The van der Waals surface area contributed by atoms with E-state index in [1.54, 1.807) is 6.07 Å². The van der Waals surface area contributed by atoms with Crippen LogP contribution in [0.2, 0.25) is 0 Å². The number of aromatic nitrogens is 1. The van der Waals surface area contributed by atoms with E-state index in [0.29, 0.717) is 19.5 Å². The first-order valence-electron chi connectivity index (χ1n) is 8.13. The van der Waals surface area contributed by atoms with Gasteiger partial charge in [0.05, 0.1) is 5.92 Å². The third kappa shape index (κ3) is 2.95. The molecule has 0 saturated heterocycles. The van der Waals surface area contributed by atoms with Crippen LogP contribution in [0.25, 0.3) is 0 Å². The summed E-state index contributed by atoms with van der Waals surface area (Å²) in [6, 6.07) is 13.3. The first-order chi connectivity index (χ1) is 11.6. The number of aromatic amines is 1. The number of nitriles is 1. The summed E-state index contributed by atoms with van der Waals surface area (Å²) in [5.41, 5.74) is 2.45. The Kier molecular flexibility index (Phi) is 4.48. The summed E-state index contributed by atoms with van der Waals surface area (Å²) in [4.78, 5) is 29.3. The number of amides is 1. The van der Waals surface area contributed by atoms with Crippen molar-refractivity contribution in [2.75, 3.05) is 6.54 Å². The number of nitrogens with zero attached hydrogens (tertiary/aromatic N) is 2. The number of pyridine rings is 1. The Morgan fingerprint density at radius 1 is 1.38 bits per heavy atom. The molecule has 1 atom stereocenters. The number of rotatable bonds is 3. The molecule has 3 rings (SSSR count). The molecule has 0 aliphatic carbocycles. The van der Waals surface area contributed by atoms with Crippen LogP contribution in [0.15, 0.2) is 41.2 Å². The molecular formula is C19H19N3O2. The van der Waals surface area contributed by atoms with E-state index in [0.717, 1.165) is 23.2 Å². The number of hydrogen-bond acceptors (Lipinski definition) is 3. The van der Waals surface area contributed by atoms with E-state index in [-0.39, 0.29) is 22.9 Å². The van der Waals surface area contributed by atoms with Crippen molar-refractivity contribution in [1.82, 2.24) is 9.88 Å². The first-order valence-corrected chi connectivity index (χ1v) is 8.13. The largest absolute Gasteiger partial charge is 0.337 e. The quantitative estimate of drug-likeness (QED) is 0.942. The van der Waals surface area contributed by atoms with E-state index in [4.69, 9.17) is 5.26 Å². The minimum absolute atomic E-state index is 0.0955. The molecule has 0 unspecified atom stereocenters. The number of carbonyl (C=O) groups is 1. The van der Waals surface area contributed by atoms with Gasteiger partial charge in [-0.05, 0) is 23.6 Å². The monoisotopic (exact) mass is 321 g/mol. The highest BCUT2D eigenvalue weighted by atomic mass is 16.2. The minimum atomic E-state index is -0.355. The maximum Gasteiger partial charge on any atom is 0.266 e. The van der Waals surface area contributed by atoms with Gasteiger partial charge in [-0.15, -0.1) is 0 Å². The summed E-state index contributed by atoms with van der Waals surface area (Å²) in [5, 5.41) is 9.02. The molecule has 0 fully saturated rings. The lowest BCUT2D eigenvalue weighted by Gasteiger charge is -2.31. The fourth-order valence-electron chi connectivity index (χ4n) is 3.24. The van der Waals surface area contributed by atoms with Gasteiger partial charge in [-0.25, -0.2) is 0 Å². The zero-order chi connectivity index (χ0) is 17.1. The van der Waals surface area contributed by atoms with Crippen molar-refractivity contribution in [3.05, 3.63) is 69.1 Å². The van der Waals surface area contributed by atoms with Crippen LogP contribution < -0.4 is 5.56 Å². The summed E-state index contributed by atoms with van der Waals surface area (Å²) in [5.74, 6) is -0.0648. The van der Waals surface area contributed by atoms with E-state index < -0.39 is 0 Å². The molecule has 1 aromatic carbocycles. The molecule has 1 N–H and O–H groups in total. The van der Waals surface area contributed by atoms with E-state index in [9.17, 15) is 9.59 Å². The number of carbonyl (C=O) groups excluding carboxylic acids is 1. The summed E-state index contributed by atoms with van der Waals surface area (Å²) in [6.45, 7) is 3.03. The van der Waals surface area contributed by atoms with Crippen LogP contribution in [0.4, 0.5) is 0 Å². The highest BCUT2D eigenvalue weighted by molar-refractivity contribution is 5.84. The Morgan fingerprint density at radius 2 is 2.12 bits per heavy atom. The van der Waals surface area contributed by atoms with Crippen LogP contribution in [0.1, 0.15) is 41.6 Å². The summed E-state index contributed by atoms with van der Waals surface area (Å²) in [7, 11) is 0. The Labute approximate surface area is 140 Å². The van der Waals surface area contributed by atoms with Crippen molar-refractivity contribution in [3.63, 3.8) is 0 Å². The standard InChI is InChI=1S/C19H19N3O2/c1-2-16(13-6-4-3-5-7-13)19(24)22-9-8-17-15(12-22)10-14(11-20)18(23)21-17/h3-7,10,16H,2,8-9,12H2,1H3,(H,21,23)/t16-/m1/s1. The number of hydrogen-bond donors (Lipinski definition) is 1. The molecule has 0 radical (unpaired) electrons. The maximum absolute atomic E-state index is 12.9. The van der Waals surface area contributed by atoms with Gasteiger partial charge in [-0.1, -0.05) is 37.3 Å². The van der Waals surface area contributed by atoms with Gasteiger partial charge in [-0.3, -0.25) is 9.59 Å². The zero-order valence-corrected chi connectivity index (χ0v) is 13.6. The molecular weight excluding hydrogens is 302 g/mol. The normalized spacial score (nSPS) is 14.6. The van der Waals surface area contributed by atoms with Crippen molar-refractivity contribution >= 4 is 5.91 Å². The third-order valence-electron chi connectivity index (χ3n) is 4.55. The fourth-order valence-corrected chi connectivity index (χ4v) is 3.24. The molecule has 5 heteroatoms. The first kappa shape index (κ1) is 16.0. The molecule has 0 spiro atoms.